The highest BCUT2D eigenvalue weighted by molar-refractivity contribution is 5.51. The Labute approximate surface area is 149 Å². The number of nitrogens with one attached hydrogen (secondary N) is 1. The van der Waals surface area contributed by atoms with Crippen LogP contribution < -0.4 is 9.80 Å². The molecule has 1 N–H and O–H groups in total. The third-order valence-corrected chi connectivity index (χ3v) is 7.53. The Kier molecular flexibility index (Phi) is 3.73. The maximum atomic E-state index is 10.8. The Morgan fingerprint density at radius 2 is 1.48 bits per heavy atom. The number of rotatable bonds is 3. The minimum Gasteiger partial charge on any atom is -0.360 e. The van der Waals surface area contributed by atoms with Gasteiger partial charge in [-0.3, -0.25) is 10.1 Å². The van der Waals surface area contributed by atoms with E-state index < -0.39 is 0 Å². The SMILES string of the molecule is O=[N+]([O-])c1ccc(N2CC[NH+](C3C4CC5CC(C4)CC3C5)CC2)cc1. The van der Waals surface area contributed by atoms with Gasteiger partial charge >= 0.3 is 0 Å². The fourth-order valence-electron chi connectivity index (χ4n) is 6.76. The number of anilines is 1. The fourth-order valence-corrected chi connectivity index (χ4v) is 6.76. The molecule has 0 aromatic heterocycles. The molecule has 1 aliphatic heterocycles. The Balaban J connectivity index is 1.23. The number of nitro groups is 1. The van der Waals surface area contributed by atoms with Crippen LogP contribution in [0, 0.1) is 33.8 Å². The van der Waals surface area contributed by atoms with Crippen molar-refractivity contribution in [2.24, 2.45) is 23.7 Å². The van der Waals surface area contributed by atoms with E-state index in [1.807, 2.05) is 17.0 Å². The lowest BCUT2D eigenvalue weighted by Crippen LogP contribution is -3.20. The lowest BCUT2D eigenvalue weighted by atomic mass is 9.54. The highest BCUT2D eigenvalue weighted by Gasteiger charge is 2.52. The lowest BCUT2D eigenvalue weighted by Gasteiger charge is -2.56. The molecule has 1 heterocycles. The number of hydrogen-bond donors (Lipinski definition) is 1. The van der Waals surface area contributed by atoms with Gasteiger partial charge in [-0.2, -0.15) is 0 Å². The molecule has 134 valence electrons. The summed E-state index contributed by atoms with van der Waals surface area (Å²) in [6.45, 7) is 4.61. The number of benzene rings is 1. The molecular weight excluding hydrogens is 314 g/mol. The van der Waals surface area contributed by atoms with Crippen LogP contribution >= 0.6 is 0 Å². The summed E-state index contributed by atoms with van der Waals surface area (Å²) in [5.41, 5.74) is 1.32. The van der Waals surface area contributed by atoms with Gasteiger partial charge in [0.1, 0.15) is 0 Å². The maximum absolute atomic E-state index is 10.8. The summed E-state index contributed by atoms with van der Waals surface area (Å²) in [5, 5.41) is 10.8. The van der Waals surface area contributed by atoms with Crippen LogP contribution in [0.3, 0.4) is 0 Å². The first-order valence-corrected chi connectivity index (χ1v) is 10.0. The molecule has 25 heavy (non-hydrogen) atoms. The van der Waals surface area contributed by atoms with Crippen LogP contribution in [0.15, 0.2) is 24.3 Å². The summed E-state index contributed by atoms with van der Waals surface area (Å²) < 4.78 is 0. The van der Waals surface area contributed by atoms with E-state index in [2.05, 4.69) is 4.90 Å². The number of quaternary nitrogens is 1. The Morgan fingerprint density at radius 3 is 2.00 bits per heavy atom. The van der Waals surface area contributed by atoms with E-state index >= 15 is 0 Å². The fraction of sp³-hybridized carbons (Fsp3) is 0.700. The van der Waals surface area contributed by atoms with Crippen molar-refractivity contribution in [3.63, 3.8) is 0 Å². The number of nitrogens with zero attached hydrogens (tertiary/aromatic N) is 2. The predicted molar refractivity (Wildman–Crippen MR) is 96.8 cm³/mol. The summed E-state index contributed by atoms with van der Waals surface area (Å²) in [5.74, 6) is 4.11. The van der Waals surface area contributed by atoms with E-state index in [9.17, 15) is 10.1 Å². The minimum atomic E-state index is -0.321. The van der Waals surface area contributed by atoms with E-state index in [4.69, 9.17) is 0 Å². The second kappa shape index (κ2) is 5.97. The molecule has 6 rings (SSSR count). The van der Waals surface area contributed by atoms with E-state index in [0.29, 0.717) is 0 Å². The molecule has 1 aromatic rings. The number of nitro benzene ring substituents is 1. The normalized spacial score (nSPS) is 37.4. The first-order valence-electron chi connectivity index (χ1n) is 10.0. The van der Waals surface area contributed by atoms with Crippen molar-refractivity contribution in [3.05, 3.63) is 34.4 Å². The standard InChI is InChI=1S/C20H27N3O2/c24-23(25)19-3-1-18(2-4-19)21-5-7-22(8-6-21)20-16-10-14-9-15(12-16)13-17(20)11-14/h1-4,14-17,20H,5-13H2/p+1. The molecule has 4 aliphatic carbocycles. The molecule has 1 aromatic carbocycles. The first-order chi connectivity index (χ1) is 12.2. The van der Waals surface area contributed by atoms with E-state index in [-0.39, 0.29) is 10.6 Å². The third kappa shape index (κ3) is 2.73. The average Bonchev–Trinajstić information content (AvgIpc) is 2.61. The summed E-state index contributed by atoms with van der Waals surface area (Å²) >= 11 is 0. The Hall–Kier alpha value is -1.62. The van der Waals surface area contributed by atoms with Crippen LogP contribution in [0.1, 0.15) is 32.1 Å². The molecule has 0 radical (unpaired) electrons. The first kappa shape index (κ1) is 15.6. The molecule has 5 heteroatoms. The summed E-state index contributed by atoms with van der Waals surface area (Å²) in [6, 6.07) is 8.00. The zero-order valence-corrected chi connectivity index (χ0v) is 14.8. The summed E-state index contributed by atoms with van der Waals surface area (Å²) in [7, 11) is 0. The van der Waals surface area contributed by atoms with Crippen LogP contribution in [0.5, 0.6) is 0 Å². The van der Waals surface area contributed by atoms with Crippen molar-refractivity contribution >= 4 is 11.4 Å². The zero-order chi connectivity index (χ0) is 17.0. The van der Waals surface area contributed by atoms with Gasteiger partial charge in [0, 0.05) is 29.7 Å². The maximum Gasteiger partial charge on any atom is 0.269 e. The molecule has 0 atom stereocenters. The van der Waals surface area contributed by atoms with E-state index in [1.54, 1.807) is 12.1 Å². The van der Waals surface area contributed by atoms with Crippen LogP contribution in [0.25, 0.3) is 0 Å². The number of non-ortho nitro benzene ring substituents is 1. The van der Waals surface area contributed by atoms with Gasteiger partial charge in [0.2, 0.25) is 0 Å². The topological polar surface area (TPSA) is 50.8 Å². The van der Waals surface area contributed by atoms with Crippen molar-refractivity contribution in [1.82, 2.24) is 0 Å². The van der Waals surface area contributed by atoms with Crippen molar-refractivity contribution in [3.8, 4) is 0 Å². The molecule has 0 spiro atoms. The monoisotopic (exact) mass is 342 g/mol. The molecular formula is C20H28N3O2+. The molecule has 0 unspecified atom stereocenters. The van der Waals surface area contributed by atoms with Gasteiger partial charge in [-0.25, -0.2) is 0 Å². The van der Waals surface area contributed by atoms with Crippen LogP contribution in [0.2, 0.25) is 0 Å². The van der Waals surface area contributed by atoms with Crippen LogP contribution in [0.4, 0.5) is 11.4 Å². The molecule has 5 fully saturated rings. The van der Waals surface area contributed by atoms with Crippen molar-refractivity contribution < 1.29 is 9.82 Å². The Morgan fingerprint density at radius 1 is 0.920 bits per heavy atom. The molecule has 4 bridgehead atoms. The highest BCUT2D eigenvalue weighted by atomic mass is 16.6. The zero-order valence-electron chi connectivity index (χ0n) is 14.8. The van der Waals surface area contributed by atoms with E-state index in [1.165, 1.54) is 45.2 Å². The lowest BCUT2D eigenvalue weighted by molar-refractivity contribution is -0.936. The van der Waals surface area contributed by atoms with Gasteiger partial charge in [-0.05, 0) is 56.1 Å². The van der Waals surface area contributed by atoms with Crippen LogP contribution in [-0.4, -0.2) is 37.1 Å². The Bertz CT molecular complexity index is 623. The third-order valence-electron chi connectivity index (χ3n) is 7.53. The second-order valence-electron chi connectivity index (χ2n) is 8.88. The van der Waals surface area contributed by atoms with Gasteiger partial charge in [-0.1, -0.05) is 0 Å². The highest BCUT2D eigenvalue weighted by Crippen LogP contribution is 2.53. The molecule has 5 nitrogen and oxygen atoms in total. The molecule has 4 saturated carbocycles. The minimum absolute atomic E-state index is 0.182. The summed E-state index contributed by atoms with van der Waals surface area (Å²) in [4.78, 5) is 14.8. The van der Waals surface area contributed by atoms with Crippen molar-refractivity contribution in [2.45, 2.75) is 38.1 Å². The average molecular weight is 342 g/mol. The van der Waals surface area contributed by atoms with E-state index in [0.717, 1.165) is 48.5 Å². The van der Waals surface area contributed by atoms with Crippen molar-refractivity contribution in [1.29, 1.82) is 0 Å². The second-order valence-corrected chi connectivity index (χ2v) is 8.88. The van der Waals surface area contributed by atoms with Gasteiger partial charge in [-0.15, -0.1) is 0 Å². The van der Waals surface area contributed by atoms with Crippen LogP contribution in [-0.2, 0) is 0 Å². The number of piperazine rings is 1. The van der Waals surface area contributed by atoms with Gasteiger partial charge < -0.3 is 9.80 Å². The summed E-state index contributed by atoms with van der Waals surface area (Å²) in [6.07, 6.45) is 7.56. The quantitative estimate of drug-likeness (QED) is 0.676. The van der Waals surface area contributed by atoms with Crippen molar-refractivity contribution in [2.75, 3.05) is 31.1 Å². The van der Waals surface area contributed by atoms with Gasteiger partial charge in [0.15, 0.2) is 0 Å². The smallest absolute Gasteiger partial charge is 0.269 e. The molecule has 1 saturated heterocycles. The number of hydrogen-bond acceptors (Lipinski definition) is 3. The largest absolute Gasteiger partial charge is 0.360 e. The molecule has 5 aliphatic rings. The van der Waals surface area contributed by atoms with Gasteiger partial charge in [0.25, 0.3) is 5.69 Å². The molecule has 0 amide bonds. The predicted octanol–water partition coefficient (Wildman–Crippen LogP) is 2.12. The van der Waals surface area contributed by atoms with Gasteiger partial charge in [0.05, 0.1) is 37.1 Å².